The van der Waals surface area contributed by atoms with Crippen LogP contribution in [-0.2, 0) is 4.79 Å². The van der Waals surface area contributed by atoms with Crippen molar-refractivity contribution in [2.24, 2.45) is 0 Å². The van der Waals surface area contributed by atoms with Crippen LogP contribution in [0.25, 0.3) is 0 Å². The highest BCUT2D eigenvalue weighted by atomic mass is 127. The van der Waals surface area contributed by atoms with Gasteiger partial charge in [-0.1, -0.05) is 22.6 Å². The molecule has 0 radical (unpaired) electrons. The molecule has 0 aromatic heterocycles. The summed E-state index contributed by atoms with van der Waals surface area (Å²) in [6.45, 7) is 0.983. The Balaban J connectivity index is 2.00. The zero-order valence-electron chi connectivity index (χ0n) is 5.42. The van der Waals surface area contributed by atoms with Gasteiger partial charge in [0.2, 0.25) is 5.91 Å². The van der Waals surface area contributed by atoms with Gasteiger partial charge in [0.15, 0.2) is 0 Å². The van der Waals surface area contributed by atoms with E-state index in [1.54, 1.807) is 0 Å². The van der Waals surface area contributed by atoms with Crippen LogP contribution in [0.3, 0.4) is 0 Å². The number of β-lactam (4-membered cyclic amide) rings is 1. The van der Waals surface area contributed by atoms with Gasteiger partial charge in [-0.15, -0.1) is 11.8 Å². The van der Waals surface area contributed by atoms with Gasteiger partial charge in [0, 0.05) is 16.2 Å². The van der Waals surface area contributed by atoms with Gasteiger partial charge in [0.1, 0.15) is 0 Å². The number of carbonyl (C=O) groups is 1. The number of fused-ring (bicyclic) bond motifs is 1. The summed E-state index contributed by atoms with van der Waals surface area (Å²) in [6, 6.07) is 0. The Labute approximate surface area is 77.9 Å². The van der Waals surface area contributed by atoms with E-state index >= 15 is 0 Å². The Bertz CT molecular complexity index is 175. The number of thioether (sulfide) groups is 1. The molecule has 0 aromatic rings. The third-order valence-corrected chi connectivity index (χ3v) is 4.71. The SMILES string of the molecule is O=C1C[C@@H]2SCC(I)CN12. The van der Waals surface area contributed by atoms with E-state index in [9.17, 15) is 4.79 Å². The molecule has 2 nitrogen and oxygen atoms in total. The summed E-state index contributed by atoms with van der Waals surface area (Å²) in [4.78, 5) is 12.9. The Hall–Kier alpha value is 0.550. The van der Waals surface area contributed by atoms with Crippen LogP contribution in [0.15, 0.2) is 0 Å². The van der Waals surface area contributed by atoms with Crippen LogP contribution in [0.5, 0.6) is 0 Å². The van der Waals surface area contributed by atoms with Gasteiger partial charge in [-0.2, -0.15) is 0 Å². The van der Waals surface area contributed by atoms with Crippen molar-refractivity contribution >= 4 is 40.3 Å². The molecule has 0 aromatic carbocycles. The van der Waals surface area contributed by atoms with E-state index in [0.717, 1.165) is 13.0 Å². The Morgan fingerprint density at radius 1 is 1.70 bits per heavy atom. The molecular formula is C6H8INOS. The van der Waals surface area contributed by atoms with Crippen LogP contribution in [0.1, 0.15) is 6.42 Å². The summed E-state index contributed by atoms with van der Waals surface area (Å²) in [5, 5.41) is 0.540. The smallest absolute Gasteiger partial charge is 0.226 e. The number of nitrogens with zero attached hydrogens (tertiary/aromatic N) is 1. The predicted octanol–water partition coefficient (Wildman–Crippen LogP) is 1.10. The van der Waals surface area contributed by atoms with Gasteiger partial charge in [-0.25, -0.2) is 0 Å². The second-order valence-corrected chi connectivity index (χ2v) is 5.61. The fourth-order valence-corrected chi connectivity index (χ4v) is 3.50. The standard InChI is InChI=1S/C6H8INOS/c7-4-2-8-5(9)1-6(8)10-3-4/h4,6H,1-3H2/t4?,6-/m0/s1. The largest absolute Gasteiger partial charge is 0.329 e. The summed E-state index contributed by atoms with van der Waals surface area (Å²) >= 11 is 4.33. The van der Waals surface area contributed by atoms with Crippen molar-refractivity contribution in [2.45, 2.75) is 15.7 Å². The van der Waals surface area contributed by atoms with Crippen molar-refractivity contribution in [3.8, 4) is 0 Å². The predicted molar refractivity (Wildman–Crippen MR) is 50.4 cm³/mol. The third kappa shape index (κ3) is 1.05. The lowest BCUT2D eigenvalue weighted by molar-refractivity contribution is -0.141. The maximum absolute atomic E-state index is 10.9. The number of hydrogen-bond donors (Lipinski definition) is 0. The molecule has 2 fully saturated rings. The maximum atomic E-state index is 10.9. The molecular weight excluding hydrogens is 261 g/mol. The van der Waals surface area contributed by atoms with E-state index in [1.165, 1.54) is 5.75 Å². The summed E-state index contributed by atoms with van der Waals surface area (Å²) in [5.74, 6) is 1.56. The minimum atomic E-state index is 0.346. The monoisotopic (exact) mass is 269 g/mol. The molecule has 2 aliphatic heterocycles. The first-order valence-corrected chi connectivity index (χ1v) is 5.62. The van der Waals surface area contributed by atoms with Crippen LogP contribution in [0.2, 0.25) is 0 Å². The maximum Gasteiger partial charge on any atom is 0.226 e. The number of rotatable bonds is 0. The fourth-order valence-electron chi connectivity index (χ4n) is 1.27. The average molecular weight is 269 g/mol. The van der Waals surface area contributed by atoms with Crippen molar-refractivity contribution in [1.29, 1.82) is 0 Å². The molecule has 0 N–H and O–H groups in total. The number of carbonyl (C=O) groups excluding carboxylic acids is 1. The third-order valence-electron chi connectivity index (χ3n) is 1.88. The topological polar surface area (TPSA) is 20.3 Å². The van der Waals surface area contributed by atoms with Crippen LogP contribution >= 0.6 is 34.4 Å². The highest BCUT2D eigenvalue weighted by Crippen LogP contribution is 2.35. The first kappa shape index (κ1) is 7.21. The molecule has 56 valence electrons. The van der Waals surface area contributed by atoms with E-state index in [1.807, 2.05) is 16.7 Å². The van der Waals surface area contributed by atoms with Gasteiger partial charge in [0.05, 0.1) is 11.8 Å². The van der Waals surface area contributed by atoms with Crippen molar-refractivity contribution < 1.29 is 4.79 Å². The zero-order valence-corrected chi connectivity index (χ0v) is 8.39. The molecule has 2 aliphatic rings. The number of alkyl halides is 1. The lowest BCUT2D eigenvalue weighted by Crippen LogP contribution is -2.56. The zero-order chi connectivity index (χ0) is 7.14. The normalized spacial score (nSPS) is 38.9. The quantitative estimate of drug-likeness (QED) is 0.373. The van der Waals surface area contributed by atoms with E-state index in [0.29, 0.717) is 15.2 Å². The highest BCUT2D eigenvalue weighted by Gasteiger charge is 2.40. The van der Waals surface area contributed by atoms with Crippen molar-refractivity contribution in [3.05, 3.63) is 0 Å². The summed E-state index contributed by atoms with van der Waals surface area (Å²) < 4.78 is 0.670. The molecule has 0 aliphatic carbocycles. The van der Waals surface area contributed by atoms with Gasteiger partial charge in [0.25, 0.3) is 0 Å². The molecule has 2 saturated heterocycles. The number of hydrogen-bond acceptors (Lipinski definition) is 2. The van der Waals surface area contributed by atoms with E-state index in [2.05, 4.69) is 22.6 Å². The molecule has 10 heavy (non-hydrogen) atoms. The molecule has 2 atom stereocenters. The highest BCUT2D eigenvalue weighted by molar-refractivity contribution is 14.1. The lowest BCUT2D eigenvalue weighted by atomic mass is 10.2. The second kappa shape index (κ2) is 2.55. The Morgan fingerprint density at radius 2 is 2.50 bits per heavy atom. The first-order chi connectivity index (χ1) is 4.77. The van der Waals surface area contributed by atoms with Gasteiger partial charge in [-0.3, -0.25) is 4.79 Å². The molecule has 2 heterocycles. The minimum Gasteiger partial charge on any atom is -0.329 e. The lowest BCUT2D eigenvalue weighted by Gasteiger charge is -2.44. The number of halogens is 1. The van der Waals surface area contributed by atoms with Gasteiger partial charge < -0.3 is 4.90 Å². The summed E-state index contributed by atoms with van der Waals surface area (Å²) in [6.07, 6.45) is 0.786. The van der Waals surface area contributed by atoms with Gasteiger partial charge in [-0.05, 0) is 0 Å². The van der Waals surface area contributed by atoms with E-state index in [4.69, 9.17) is 0 Å². The van der Waals surface area contributed by atoms with E-state index < -0.39 is 0 Å². The minimum absolute atomic E-state index is 0.346. The van der Waals surface area contributed by atoms with Crippen LogP contribution in [-0.4, -0.2) is 32.4 Å². The van der Waals surface area contributed by atoms with Crippen LogP contribution in [0.4, 0.5) is 0 Å². The van der Waals surface area contributed by atoms with Crippen molar-refractivity contribution in [1.82, 2.24) is 4.90 Å². The molecule has 4 heteroatoms. The van der Waals surface area contributed by atoms with Crippen molar-refractivity contribution in [2.75, 3.05) is 12.3 Å². The van der Waals surface area contributed by atoms with Crippen LogP contribution in [0, 0.1) is 0 Å². The molecule has 1 unspecified atom stereocenters. The Kier molecular flexibility index (Phi) is 1.84. The number of amides is 1. The Morgan fingerprint density at radius 3 is 3.10 bits per heavy atom. The summed E-state index contributed by atoms with van der Waals surface area (Å²) in [7, 11) is 0. The molecule has 0 bridgehead atoms. The molecule has 2 rings (SSSR count). The average Bonchev–Trinajstić information content (AvgIpc) is 1.92. The van der Waals surface area contributed by atoms with E-state index in [-0.39, 0.29) is 0 Å². The van der Waals surface area contributed by atoms with Crippen LogP contribution < -0.4 is 0 Å². The molecule has 1 amide bonds. The summed E-state index contributed by atoms with van der Waals surface area (Å²) in [5.41, 5.74) is 0. The molecule has 0 saturated carbocycles. The second-order valence-electron chi connectivity index (χ2n) is 2.64. The fraction of sp³-hybridized carbons (Fsp3) is 0.833. The van der Waals surface area contributed by atoms with Crippen molar-refractivity contribution in [3.63, 3.8) is 0 Å². The molecule has 0 spiro atoms. The van der Waals surface area contributed by atoms with Gasteiger partial charge >= 0.3 is 0 Å². The first-order valence-electron chi connectivity index (χ1n) is 3.32.